The van der Waals surface area contributed by atoms with Gasteiger partial charge in [-0.05, 0) is 48.7 Å². The number of rotatable bonds is 9. The van der Waals surface area contributed by atoms with Crippen LogP contribution in [0.5, 0.6) is 5.75 Å². The summed E-state index contributed by atoms with van der Waals surface area (Å²) in [6.45, 7) is 3.61. The Morgan fingerprint density at radius 1 is 1.23 bits per heavy atom. The Labute approximate surface area is 187 Å². The van der Waals surface area contributed by atoms with E-state index < -0.39 is 0 Å². The number of carbonyl (C=O) groups is 1. The zero-order valence-corrected chi connectivity index (χ0v) is 18.4. The maximum absolute atomic E-state index is 13.0. The molecule has 1 amide bonds. The lowest BCUT2D eigenvalue weighted by molar-refractivity contribution is 0.0936. The largest absolute Gasteiger partial charge is 0.489 e. The molecule has 166 valence electrons. The Bertz CT molecular complexity index is 881. The highest BCUT2D eigenvalue weighted by Crippen LogP contribution is 2.28. The second kappa shape index (κ2) is 11.8. The zero-order valence-electron chi connectivity index (χ0n) is 17.7. The lowest BCUT2D eigenvalue weighted by Gasteiger charge is -2.31. The number of hydrogen-bond acceptors (Lipinski definition) is 4. The molecule has 1 aliphatic heterocycles. The Kier molecular flexibility index (Phi) is 8.88. The first-order valence-corrected chi connectivity index (χ1v) is 10.8. The molecule has 3 rings (SSSR count). The van der Waals surface area contributed by atoms with E-state index in [1.165, 1.54) is 12.1 Å². The minimum atomic E-state index is -0.223. The van der Waals surface area contributed by atoms with Crippen LogP contribution in [-0.2, 0) is 4.74 Å². The molecule has 7 heteroatoms. The van der Waals surface area contributed by atoms with Crippen molar-refractivity contribution in [2.45, 2.75) is 18.9 Å². The molecule has 5 nitrogen and oxygen atoms in total. The van der Waals surface area contributed by atoms with E-state index in [-0.39, 0.29) is 17.8 Å². The summed E-state index contributed by atoms with van der Waals surface area (Å²) in [5.74, 6) is 0.191. The van der Waals surface area contributed by atoms with Crippen LogP contribution in [0.4, 0.5) is 4.39 Å². The van der Waals surface area contributed by atoms with Crippen molar-refractivity contribution in [1.82, 2.24) is 10.2 Å². The minimum absolute atomic E-state index is 0.0937. The summed E-state index contributed by atoms with van der Waals surface area (Å²) in [6, 6.07) is 11.6. The van der Waals surface area contributed by atoms with Gasteiger partial charge in [-0.25, -0.2) is 4.39 Å². The second-order valence-corrected chi connectivity index (χ2v) is 7.87. The first kappa shape index (κ1) is 23.3. The van der Waals surface area contributed by atoms with Gasteiger partial charge in [0.1, 0.15) is 17.7 Å². The number of ether oxygens (including phenoxy) is 2. The molecule has 0 spiro atoms. The first-order valence-electron chi connectivity index (χ1n) is 10.4. The van der Waals surface area contributed by atoms with E-state index >= 15 is 0 Å². The number of likely N-dealkylation sites (tertiary alicyclic amines) is 1. The summed E-state index contributed by atoms with van der Waals surface area (Å²) in [5.41, 5.74) is 1.49. The molecule has 0 aromatic heterocycles. The van der Waals surface area contributed by atoms with Gasteiger partial charge < -0.3 is 14.8 Å². The maximum Gasteiger partial charge on any atom is 0.251 e. The molecule has 0 aliphatic carbocycles. The van der Waals surface area contributed by atoms with Gasteiger partial charge in [0.2, 0.25) is 0 Å². The highest BCUT2D eigenvalue weighted by atomic mass is 35.5. The van der Waals surface area contributed by atoms with Crippen LogP contribution in [0.2, 0.25) is 5.02 Å². The third-order valence-corrected chi connectivity index (χ3v) is 5.45. The number of benzene rings is 2. The Morgan fingerprint density at radius 3 is 2.65 bits per heavy atom. The zero-order chi connectivity index (χ0) is 22.1. The van der Waals surface area contributed by atoms with E-state index in [2.05, 4.69) is 16.3 Å². The van der Waals surface area contributed by atoms with Gasteiger partial charge in [0, 0.05) is 38.9 Å². The normalized spacial score (nSPS) is 15.3. The van der Waals surface area contributed by atoms with Gasteiger partial charge in [-0.1, -0.05) is 35.9 Å². The maximum atomic E-state index is 13.0. The highest BCUT2D eigenvalue weighted by Gasteiger charge is 2.21. The fraction of sp³-hybridized carbons (Fsp3) is 0.375. The molecule has 0 radical (unpaired) electrons. The van der Waals surface area contributed by atoms with E-state index in [1.807, 2.05) is 6.08 Å². The summed E-state index contributed by atoms with van der Waals surface area (Å²) in [7, 11) is 1.59. The van der Waals surface area contributed by atoms with Crippen molar-refractivity contribution < 1.29 is 18.7 Å². The van der Waals surface area contributed by atoms with Gasteiger partial charge in [0.25, 0.3) is 5.91 Å². The Balaban J connectivity index is 1.44. The van der Waals surface area contributed by atoms with Gasteiger partial charge in [-0.2, -0.15) is 0 Å². The van der Waals surface area contributed by atoms with Gasteiger partial charge in [-0.15, -0.1) is 0 Å². The van der Waals surface area contributed by atoms with Crippen molar-refractivity contribution >= 4 is 23.6 Å². The molecule has 2 aromatic carbocycles. The molecule has 31 heavy (non-hydrogen) atoms. The van der Waals surface area contributed by atoms with Crippen LogP contribution < -0.4 is 10.1 Å². The number of nitrogens with one attached hydrogen (secondary N) is 1. The number of halogens is 2. The van der Waals surface area contributed by atoms with Crippen molar-refractivity contribution in [3.05, 3.63) is 70.5 Å². The summed E-state index contributed by atoms with van der Waals surface area (Å²) >= 11 is 6.35. The van der Waals surface area contributed by atoms with Gasteiger partial charge in [0.05, 0.1) is 11.6 Å². The third-order valence-electron chi connectivity index (χ3n) is 5.16. The average Bonchev–Trinajstić information content (AvgIpc) is 2.78. The molecule has 0 saturated carbocycles. The molecule has 1 saturated heterocycles. The molecule has 0 atom stereocenters. The third kappa shape index (κ3) is 7.35. The predicted molar refractivity (Wildman–Crippen MR) is 121 cm³/mol. The van der Waals surface area contributed by atoms with Crippen molar-refractivity contribution in [3.8, 4) is 5.75 Å². The summed E-state index contributed by atoms with van der Waals surface area (Å²) in [5, 5.41) is 3.21. The summed E-state index contributed by atoms with van der Waals surface area (Å²) < 4.78 is 24.0. The van der Waals surface area contributed by atoms with E-state index in [0.717, 1.165) is 38.0 Å². The predicted octanol–water partition coefficient (Wildman–Crippen LogP) is 4.41. The fourth-order valence-electron chi connectivity index (χ4n) is 3.41. The van der Waals surface area contributed by atoms with Crippen molar-refractivity contribution in [1.29, 1.82) is 0 Å². The number of amides is 1. The van der Waals surface area contributed by atoms with Crippen molar-refractivity contribution in [2.75, 3.05) is 39.9 Å². The summed E-state index contributed by atoms with van der Waals surface area (Å²) in [6.07, 6.45) is 6.01. The van der Waals surface area contributed by atoms with E-state index in [9.17, 15) is 9.18 Å². The molecular formula is C24H28ClFN2O3. The number of hydrogen-bond donors (Lipinski definition) is 1. The van der Waals surface area contributed by atoms with E-state index in [1.54, 1.807) is 37.4 Å². The Hall–Kier alpha value is -2.41. The van der Waals surface area contributed by atoms with Crippen LogP contribution in [0.1, 0.15) is 28.8 Å². The van der Waals surface area contributed by atoms with Crippen LogP contribution >= 0.6 is 11.6 Å². The van der Waals surface area contributed by atoms with Gasteiger partial charge in [-0.3, -0.25) is 9.69 Å². The molecular weight excluding hydrogens is 419 g/mol. The molecule has 0 unspecified atom stereocenters. The molecule has 1 fully saturated rings. The van der Waals surface area contributed by atoms with Crippen LogP contribution in [0.3, 0.4) is 0 Å². The molecule has 1 heterocycles. The smallest absolute Gasteiger partial charge is 0.251 e. The van der Waals surface area contributed by atoms with Crippen LogP contribution in [0.25, 0.3) is 6.08 Å². The van der Waals surface area contributed by atoms with Gasteiger partial charge >= 0.3 is 0 Å². The first-order chi connectivity index (χ1) is 15.0. The minimum Gasteiger partial charge on any atom is -0.489 e. The monoisotopic (exact) mass is 446 g/mol. The summed E-state index contributed by atoms with van der Waals surface area (Å²) in [4.78, 5) is 14.5. The lowest BCUT2D eigenvalue weighted by Crippen LogP contribution is -2.38. The highest BCUT2D eigenvalue weighted by molar-refractivity contribution is 6.32. The van der Waals surface area contributed by atoms with Crippen molar-refractivity contribution in [3.63, 3.8) is 0 Å². The fourth-order valence-corrected chi connectivity index (χ4v) is 3.63. The number of piperidine rings is 1. The van der Waals surface area contributed by atoms with Gasteiger partial charge in [0.15, 0.2) is 0 Å². The quantitative estimate of drug-likeness (QED) is 0.579. The Morgan fingerprint density at radius 2 is 1.97 bits per heavy atom. The topological polar surface area (TPSA) is 50.8 Å². The van der Waals surface area contributed by atoms with Crippen LogP contribution in [0.15, 0.2) is 48.5 Å². The number of methoxy groups -OCH3 is 1. The van der Waals surface area contributed by atoms with E-state index in [0.29, 0.717) is 29.5 Å². The average molecular weight is 447 g/mol. The van der Waals surface area contributed by atoms with Crippen LogP contribution in [-0.4, -0.2) is 56.8 Å². The molecule has 0 bridgehead atoms. The van der Waals surface area contributed by atoms with Crippen LogP contribution in [0, 0.1) is 5.82 Å². The van der Waals surface area contributed by atoms with Crippen molar-refractivity contribution in [2.24, 2.45) is 0 Å². The second-order valence-electron chi connectivity index (χ2n) is 7.47. The number of carbonyl (C=O) groups excluding carboxylic acids is 1. The number of nitrogens with zero attached hydrogens (tertiary/aromatic N) is 1. The van der Waals surface area contributed by atoms with E-state index in [4.69, 9.17) is 21.1 Å². The lowest BCUT2D eigenvalue weighted by atomic mass is 10.1. The molecule has 2 aromatic rings. The molecule has 1 aliphatic rings. The molecule has 1 N–H and O–H groups in total. The SMILES string of the molecule is COCCNC(=O)c1ccc(OC2CCN(C/C=C/c3ccc(F)cc3)CC2)c(Cl)c1. The standard InChI is InChI=1S/C24H28ClFN2O3/c1-30-16-12-27-24(29)19-6-9-23(22(25)17-19)31-21-10-14-28(15-11-21)13-2-3-18-4-7-20(26)8-5-18/h2-9,17,21H,10-16H2,1H3,(H,27,29)/b3-2+.